The van der Waals surface area contributed by atoms with E-state index in [1.54, 1.807) is 13.0 Å². The van der Waals surface area contributed by atoms with Gasteiger partial charge in [-0.1, -0.05) is 55.3 Å². The minimum absolute atomic E-state index is 0.0136. The zero-order valence-electron chi connectivity index (χ0n) is 22.7. The number of aliphatic hydroxyl groups excluding tert-OH is 1. The average Bonchev–Trinajstić information content (AvgIpc) is 3.39. The Labute approximate surface area is 230 Å². The van der Waals surface area contributed by atoms with Gasteiger partial charge < -0.3 is 30.5 Å². The molecule has 0 aliphatic heterocycles. The molecule has 1 aromatic rings. The van der Waals surface area contributed by atoms with Gasteiger partial charge in [-0.05, 0) is 38.2 Å². The highest BCUT2D eigenvalue weighted by molar-refractivity contribution is 5.86. The summed E-state index contributed by atoms with van der Waals surface area (Å²) in [7, 11) is 0. The summed E-state index contributed by atoms with van der Waals surface area (Å²) in [6, 6.07) is 8.12. The van der Waals surface area contributed by atoms with Crippen molar-refractivity contribution in [3.05, 3.63) is 61.2 Å². The molecule has 10 heteroatoms. The van der Waals surface area contributed by atoms with Gasteiger partial charge in [0.25, 0.3) is 0 Å². The van der Waals surface area contributed by atoms with Gasteiger partial charge in [-0.15, -0.1) is 13.2 Å². The largest absolute Gasteiger partial charge is 0.459 e. The molecule has 0 heterocycles. The first kappa shape index (κ1) is 31.6. The first-order valence-corrected chi connectivity index (χ1v) is 13.3. The minimum Gasteiger partial charge on any atom is -0.459 e. The van der Waals surface area contributed by atoms with Crippen LogP contribution in [0, 0.1) is 5.92 Å². The lowest BCUT2D eigenvalue weighted by molar-refractivity contribution is -0.151. The molecule has 39 heavy (non-hydrogen) atoms. The Bertz CT molecular complexity index is 976. The Hall–Kier alpha value is -3.66. The summed E-state index contributed by atoms with van der Waals surface area (Å²) >= 11 is 0. The average molecular weight is 544 g/mol. The Morgan fingerprint density at radius 2 is 1.74 bits per heavy atom. The van der Waals surface area contributed by atoms with E-state index >= 15 is 0 Å². The van der Waals surface area contributed by atoms with Crippen LogP contribution >= 0.6 is 0 Å². The molecule has 0 saturated heterocycles. The van der Waals surface area contributed by atoms with Gasteiger partial charge in [0.2, 0.25) is 11.8 Å². The highest BCUT2D eigenvalue weighted by Crippen LogP contribution is 2.29. The van der Waals surface area contributed by atoms with Crippen molar-refractivity contribution in [1.82, 2.24) is 16.0 Å². The van der Waals surface area contributed by atoms with E-state index in [1.807, 2.05) is 30.3 Å². The first-order chi connectivity index (χ1) is 18.7. The number of hydrogen-bond acceptors (Lipinski definition) is 7. The fourth-order valence-electron chi connectivity index (χ4n) is 4.43. The molecule has 214 valence electrons. The molecule has 1 aliphatic rings. The number of alkyl carbamates (subject to hydrolysis) is 1. The predicted octanol–water partition coefficient (Wildman–Crippen LogP) is 2.91. The van der Waals surface area contributed by atoms with Crippen LogP contribution in [0.25, 0.3) is 0 Å². The zero-order chi connectivity index (χ0) is 28.7. The molecule has 0 aromatic heterocycles. The number of esters is 1. The first-order valence-electron chi connectivity index (χ1n) is 13.3. The number of ether oxygens (including phenoxy) is 2. The molecule has 3 amide bonds. The minimum atomic E-state index is -1.00. The van der Waals surface area contributed by atoms with Crippen LogP contribution in [0.2, 0.25) is 0 Å². The van der Waals surface area contributed by atoms with Crippen molar-refractivity contribution in [1.29, 1.82) is 0 Å². The van der Waals surface area contributed by atoms with Gasteiger partial charge in [0.1, 0.15) is 18.8 Å². The molecule has 0 radical (unpaired) electrons. The molecule has 1 aliphatic carbocycles. The topological polar surface area (TPSA) is 143 Å². The van der Waals surface area contributed by atoms with Crippen molar-refractivity contribution in [2.45, 2.75) is 76.2 Å². The Balaban J connectivity index is 1.82. The number of rotatable bonds is 16. The van der Waals surface area contributed by atoms with E-state index < -0.39 is 35.7 Å². The van der Waals surface area contributed by atoms with Crippen LogP contribution in [-0.2, 0) is 30.5 Å². The standard InChI is InChI=1S/C29H41N3O7/c1-4-11-23(17-25(34)32-29(20-33)15-9-10-16-29)26(35)30-18-21(3)39-27(36)24(12-5-2)31-28(37)38-19-22-13-7-6-8-14-22/h4-8,13-14,21,23-24,33H,1-2,9-12,15-20H2,3H3,(H,30,35)(H,31,37)(H,32,34). The van der Waals surface area contributed by atoms with Gasteiger partial charge >= 0.3 is 12.1 Å². The summed E-state index contributed by atoms with van der Waals surface area (Å²) in [6.45, 7) is 8.83. The lowest BCUT2D eigenvalue weighted by Gasteiger charge is -2.28. The molecule has 10 nitrogen and oxygen atoms in total. The summed E-state index contributed by atoms with van der Waals surface area (Å²) in [5, 5.41) is 17.9. The van der Waals surface area contributed by atoms with Crippen LogP contribution in [0.1, 0.15) is 57.4 Å². The predicted molar refractivity (Wildman–Crippen MR) is 146 cm³/mol. The summed E-state index contributed by atoms with van der Waals surface area (Å²) in [5.41, 5.74) is 0.192. The molecule has 4 N–H and O–H groups in total. The number of amides is 3. The Morgan fingerprint density at radius 3 is 2.36 bits per heavy atom. The van der Waals surface area contributed by atoms with Crippen molar-refractivity contribution < 1.29 is 33.8 Å². The van der Waals surface area contributed by atoms with E-state index in [2.05, 4.69) is 29.1 Å². The van der Waals surface area contributed by atoms with Crippen molar-refractivity contribution in [2.24, 2.45) is 5.92 Å². The number of benzene rings is 1. The van der Waals surface area contributed by atoms with Gasteiger partial charge in [0, 0.05) is 6.42 Å². The summed E-state index contributed by atoms with van der Waals surface area (Å²) < 4.78 is 10.6. The monoisotopic (exact) mass is 543 g/mol. The van der Waals surface area contributed by atoms with Crippen molar-refractivity contribution in [3.63, 3.8) is 0 Å². The summed E-state index contributed by atoms with van der Waals surface area (Å²) in [5.74, 6) is -2.02. The van der Waals surface area contributed by atoms with Gasteiger partial charge in [0.05, 0.1) is 24.6 Å². The summed E-state index contributed by atoms with van der Waals surface area (Å²) in [4.78, 5) is 50.3. The lowest BCUT2D eigenvalue weighted by Crippen LogP contribution is -2.50. The quantitative estimate of drug-likeness (QED) is 0.185. The smallest absolute Gasteiger partial charge is 0.408 e. The van der Waals surface area contributed by atoms with Crippen LogP contribution in [-0.4, -0.2) is 59.8 Å². The number of nitrogens with one attached hydrogen (secondary N) is 3. The molecular formula is C29H41N3O7. The Kier molecular flexibility index (Phi) is 13.2. The highest BCUT2D eigenvalue weighted by Gasteiger charge is 2.35. The normalized spacial score (nSPS) is 16.2. The van der Waals surface area contributed by atoms with E-state index in [9.17, 15) is 24.3 Å². The van der Waals surface area contributed by atoms with Crippen LogP contribution in [0.15, 0.2) is 55.6 Å². The Morgan fingerprint density at radius 1 is 1.08 bits per heavy atom. The van der Waals surface area contributed by atoms with Crippen LogP contribution in [0.4, 0.5) is 4.79 Å². The molecule has 1 fully saturated rings. The molecule has 1 saturated carbocycles. The maximum absolute atomic E-state index is 12.8. The third-order valence-corrected chi connectivity index (χ3v) is 6.59. The molecule has 0 spiro atoms. The fourth-order valence-corrected chi connectivity index (χ4v) is 4.43. The number of aliphatic hydroxyl groups is 1. The van der Waals surface area contributed by atoms with E-state index in [0.717, 1.165) is 18.4 Å². The number of allylic oxidation sites excluding steroid dienone is 1. The lowest BCUT2D eigenvalue weighted by atomic mass is 9.95. The van der Waals surface area contributed by atoms with Crippen molar-refractivity contribution in [3.8, 4) is 0 Å². The van der Waals surface area contributed by atoms with Crippen LogP contribution < -0.4 is 16.0 Å². The number of hydrogen-bond donors (Lipinski definition) is 4. The van der Waals surface area contributed by atoms with E-state index in [4.69, 9.17) is 9.47 Å². The van der Waals surface area contributed by atoms with Gasteiger partial charge in [-0.3, -0.25) is 9.59 Å². The van der Waals surface area contributed by atoms with Gasteiger partial charge in [-0.25, -0.2) is 9.59 Å². The van der Waals surface area contributed by atoms with E-state index in [1.165, 1.54) is 6.08 Å². The van der Waals surface area contributed by atoms with Crippen molar-refractivity contribution >= 4 is 23.9 Å². The highest BCUT2D eigenvalue weighted by atomic mass is 16.6. The molecule has 3 atom stereocenters. The molecular weight excluding hydrogens is 502 g/mol. The third kappa shape index (κ3) is 10.9. The third-order valence-electron chi connectivity index (χ3n) is 6.59. The molecule has 2 rings (SSSR count). The maximum Gasteiger partial charge on any atom is 0.408 e. The SMILES string of the molecule is C=CCC(CC(=O)NC1(CO)CCCC1)C(=O)NCC(C)OC(=O)C(CC=C)NC(=O)OCc1ccccc1. The fraction of sp³-hybridized carbons (Fsp3) is 0.517. The van der Waals surface area contributed by atoms with Gasteiger partial charge in [-0.2, -0.15) is 0 Å². The molecule has 0 bridgehead atoms. The second kappa shape index (κ2) is 16.3. The second-order valence-electron chi connectivity index (χ2n) is 9.89. The summed E-state index contributed by atoms with van der Waals surface area (Å²) in [6.07, 6.45) is 5.24. The van der Waals surface area contributed by atoms with E-state index in [-0.39, 0.29) is 50.8 Å². The maximum atomic E-state index is 12.8. The molecule has 3 unspecified atom stereocenters. The number of carbonyl (C=O) groups excluding carboxylic acids is 4. The van der Waals surface area contributed by atoms with Crippen molar-refractivity contribution in [2.75, 3.05) is 13.2 Å². The molecule has 1 aromatic carbocycles. The second-order valence-corrected chi connectivity index (χ2v) is 9.89. The van der Waals surface area contributed by atoms with Crippen LogP contribution in [0.5, 0.6) is 0 Å². The zero-order valence-corrected chi connectivity index (χ0v) is 22.7. The van der Waals surface area contributed by atoms with Gasteiger partial charge in [0.15, 0.2) is 0 Å². The van der Waals surface area contributed by atoms with E-state index in [0.29, 0.717) is 12.8 Å². The van der Waals surface area contributed by atoms with Crippen LogP contribution in [0.3, 0.4) is 0 Å². The number of carbonyl (C=O) groups is 4.